The van der Waals surface area contributed by atoms with Gasteiger partial charge in [0.2, 0.25) is 0 Å². The van der Waals surface area contributed by atoms with Crippen molar-refractivity contribution in [1.82, 2.24) is 4.98 Å². The van der Waals surface area contributed by atoms with Crippen molar-refractivity contribution < 1.29 is 0 Å². The number of aromatic amines is 1. The fraction of sp³-hybridized carbons (Fsp3) is 0.263. The second-order valence-electron chi connectivity index (χ2n) is 6.17. The van der Waals surface area contributed by atoms with Gasteiger partial charge in [-0.25, -0.2) is 0 Å². The molecule has 0 spiro atoms. The van der Waals surface area contributed by atoms with Crippen LogP contribution in [0, 0.1) is 0 Å². The van der Waals surface area contributed by atoms with Gasteiger partial charge in [-0.05, 0) is 49.0 Å². The molecule has 2 aromatic rings. The van der Waals surface area contributed by atoms with Gasteiger partial charge in [0.15, 0.2) is 0 Å². The van der Waals surface area contributed by atoms with E-state index in [4.69, 9.17) is 0 Å². The normalized spacial score (nSPS) is 15.9. The molecule has 0 fully saturated rings. The number of aromatic nitrogens is 1. The maximum atomic E-state index is 4.24. The Balaban J connectivity index is 1.60. The number of hydrogen-bond donors (Lipinski definition) is 3. The SMILES string of the molecule is C=C(Nc1ccc2c(c1)NCC2)c1c[nH]c2c1C(=C)CCC2. The van der Waals surface area contributed by atoms with Crippen molar-refractivity contribution >= 4 is 22.6 Å². The van der Waals surface area contributed by atoms with Gasteiger partial charge in [0.05, 0.1) is 0 Å². The van der Waals surface area contributed by atoms with E-state index in [1.807, 2.05) is 0 Å². The Morgan fingerprint density at radius 2 is 2.09 bits per heavy atom. The van der Waals surface area contributed by atoms with E-state index in [1.54, 1.807) is 0 Å². The van der Waals surface area contributed by atoms with Crippen molar-refractivity contribution in [1.29, 1.82) is 0 Å². The average Bonchev–Trinajstić information content (AvgIpc) is 3.13. The first-order valence-corrected chi connectivity index (χ1v) is 7.94. The van der Waals surface area contributed by atoms with Crippen molar-refractivity contribution in [3.63, 3.8) is 0 Å². The molecule has 0 atom stereocenters. The Morgan fingerprint density at radius 1 is 1.18 bits per heavy atom. The minimum absolute atomic E-state index is 0.929. The highest BCUT2D eigenvalue weighted by molar-refractivity contribution is 5.85. The molecule has 112 valence electrons. The van der Waals surface area contributed by atoms with Crippen LogP contribution in [0.4, 0.5) is 11.4 Å². The van der Waals surface area contributed by atoms with Crippen LogP contribution in [0.1, 0.15) is 35.2 Å². The topological polar surface area (TPSA) is 39.8 Å². The second kappa shape index (κ2) is 5.09. The highest BCUT2D eigenvalue weighted by Gasteiger charge is 2.20. The third-order valence-corrected chi connectivity index (χ3v) is 4.66. The molecular formula is C19H21N3. The zero-order valence-electron chi connectivity index (χ0n) is 12.8. The predicted octanol–water partition coefficient (Wildman–Crippen LogP) is 4.42. The van der Waals surface area contributed by atoms with Crippen molar-refractivity contribution in [2.24, 2.45) is 0 Å². The number of allylic oxidation sites excluding steroid dienone is 1. The van der Waals surface area contributed by atoms with Gasteiger partial charge in [0.25, 0.3) is 0 Å². The van der Waals surface area contributed by atoms with Gasteiger partial charge < -0.3 is 15.6 Å². The third kappa shape index (κ3) is 2.13. The molecule has 3 N–H and O–H groups in total. The molecule has 0 amide bonds. The molecule has 1 aromatic heterocycles. The summed E-state index contributed by atoms with van der Waals surface area (Å²) in [6.07, 6.45) is 6.53. The van der Waals surface area contributed by atoms with Crippen LogP contribution < -0.4 is 10.6 Å². The molecule has 2 heterocycles. The van der Waals surface area contributed by atoms with Gasteiger partial charge in [0, 0.05) is 46.6 Å². The molecule has 0 saturated carbocycles. The van der Waals surface area contributed by atoms with E-state index in [-0.39, 0.29) is 0 Å². The molecule has 0 radical (unpaired) electrons. The zero-order valence-corrected chi connectivity index (χ0v) is 12.8. The van der Waals surface area contributed by atoms with Crippen LogP contribution in [0.15, 0.2) is 37.6 Å². The lowest BCUT2D eigenvalue weighted by Gasteiger charge is -2.17. The summed E-state index contributed by atoms with van der Waals surface area (Å²) in [6.45, 7) is 9.49. The van der Waals surface area contributed by atoms with E-state index in [1.165, 1.54) is 34.5 Å². The van der Waals surface area contributed by atoms with Crippen LogP contribution in [-0.4, -0.2) is 11.5 Å². The third-order valence-electron chi connectivity index (χ3n) is 4.66. The van der Waals surface area contributed by atoms with Crippen molar-refractivity contribution in [2.45, 2.75) is 25.7 Å². The second-order valence-corrected chi connectivity index (χ2v) is 6.17. The molecule has 0 saturated heterocycles. The van der Waals surface area contributed by atoms with Crippen LogP contribution in [0.25, 0.3) is 11.3 Å². The smallest absolute Gasteiger partial charge is 0.0406 e. The van der Waals surface area contributed by atoms with E-state index in [0.29, 0.717) is 0 Å². The first kappa shape index (κ1) is 13.3. The molecule has 1 aliphatic heterocycles. The molecule has 2 aliphatic rings. The van der Waals surface area contributed by atoms with Gasteiger partial charge in [-0.1, -0.05) is 19.2 Å². The van der Waals surface area contributed by atoms with Crippen LogP contribution >= 0.6 is 0 Å². The first-order chi connectivity index (χ1) is 10.7. The summed E-state index contributed by atoms with van der Waals surface area (Å²) in [5.74, 6) is 0. The maximum Gasteiger partial charge on any atom is 0.0406 e. The van der Waals surface area contributed by atoms with Crippen molar-refractivity contribution in [3.8, 4) is 0 Å². The summed E-state index contributed by atoms with van der Waals surface area (Å²) < 4.78 is 0. The van der Waals surface area contributed by atoms with Gasteiger partial charge >= 0.3 is 0 Å². The summed E-state index contributed by atoms with van der Waals surface area (Å²) in [6, 6.07) is 6.49. The Morgan fingerprint density at radius 3 is 3.00 bits per heavy atom. The van der Waals surface area contributed by atoms with Crippen LogP contribution in [0.5, 0.6) is 0 Å². The molecule has 1 aliphatic carbocycles. The number of rotatable bonds is 3. The van der Waals surface area contributed by atoms with Crippen molar-refractivity contribution in [3.05, 3.63) is 59.9 Å². The Bertz CT molecular complexity index is 767. The van der Waals surface area contributed by atoms with Gasteiger partial charge in [-0.2, -0.15) is 0 Å². The number of hydrogen-bond acceptors (Lipinski definition) is 2. The number of H-pyrrole nitrogens is 1. The highest BCUT2D eigenvalue weighted by Crippen LogP contribution is 2.35. The fourth-order valence-corrected chi connectivity index (χ4v) is 3.52. The van der Waals surface area contributed by atoms with E-state index in [0.717, 1.165) is 42.8 Å². The lowest BCUT2D eigenvalue weighted by atomic mass is 9.90. The summed E-state index contributed by atoms with van der Waals surface area (Å²) in [5.41, 5.74) is 9.56. The van der Waals surface area contributed by atoms with Crippen LogP contribution in [-0.2, 0) is 12.8 Å². The molecule has 1 aromatic carbocycles. The van der Waals surface area contributed by atoms with Crippen LogP contribution in [0.2, 0.25) is 0 Å². The highest BCUT2D eigenvalue weighted by atomic mass is 14.9. The first-order valence-electron chi connectivity index (χ1n) is 7.94. The number of anilines is 2. The van der Waals surface area contributed by atoms with Gasteiger partial charge in [-0.15, -0.1) is 0 Å². The molecule has 0 bridgehead atoms. The van der Waals surface area contributed by atoms with Gasteiger partial charge in [-0.3, -0.25) is 0 Å². The van der Waals surface area contributed by atoms with E-state index in [2.05, 4.69) is 53.2 Å². The molecule has 4 rings (SSSR count). The van der Waals surface area contributed by atoms with E-state index >= 15 is 0 Å². The maximum absolute atomic E-state index is 4.24. The fourth-order valence-electron chi connectivity index (χ4n) is 3.52. The Hall–Kier alpha value is -2.42. The number of nitrogens with one attached hydrogen (secondary N) is 3. The number of fused-ring (bicyclic) bond motifs is 2. The van der Waals surface area contributed by atoms with Crippen molar-refractivity contribution in [2.75, 3.05) is 17.2 Å². The number of aryl methyl sites for hydroxylation is 1. The Kier molecular flexibility index (Phi) is 3.07. The standard InChI is InChI=1S/C19H21N3/c1-12-4-3-5-17-19(12)16(11-21-17)13(2)22-15-7-6-14-8-9-20-18(14)10-15/h6-7,10-11,20-22H,1-5,8-9H2. The molecule has 3 nitrogen and oxygen atoms in total. The van der Waals surface area contributed by atoms with Gasteiger partial charge in [0.1, 0.15) is 0 Å². The predicted molar refractivity (Wildman–Crippen MR) is 94.1 cm³/mol. The average molecular weight is 291 g/mol. The molecule has 3 heteroatoms. The quantitative estimate of drug-likeness (QED) is 0.783. The Labute approximate surface area is 131 Å². The minimum atomic E-state index is 0.929. The van der Waals surface area contributed by atoms with Crippen LogP contribution in [0.3, 0.4) is 0 Å². The molecular weight excluding hydrogens is 270 g/mol. The largest absolute Gasteiger partial charge is 0.384 e. The monoisotopic (exact) mass is 291 g/mol. The van der Waals surface area contributed by atoms with E-state index < -0.39 is 0 Å². The molecule has 0 unspecified atom stereocenters. The van der Waals surface area contributed by atoms with E-state index in [9.17, 15) is 0 Å². The summed E-state index contributed by atoms with van der Waals surface area (Å²) in [7, 11) is 0. The number of benzene rings is 1. The zero-order chi connectivity index (χ0) is 15.1. The summed E-state index contributed by atoms with van der Waals surface area (Å²) >= 11 is 0. The molecule has 22 heavy (non-hydrogen) atoms. The lowest BCUT2D eigenvalue weighted by molar-refractivity contribution is 0.805. The lowest BCUT2D eigenvalue weighted by Crippen LogP contribution is -2.04. The minimum Gasteiger partial charge on any atom is -0.384 e. The summed E-state index contributed by atoms with van der Waals surface area (Å²) in [4.78, 5) is 3.39. The summed E-state index contributed by atoms with van der Waals surface area (Å²) in [5, 5.41) is 6.86.